The van der Waals surface area contributed by atoms with Crippen LogP contribution in [0, 0.1) is 5.92 Å². The lowest BCUT2D eigenvalue weighted by molar-refractivity contribution is -0.259. The van der Waals surface area contributed by atoms with Crippen LogP contribution in [-0.2, 0) is 38.0 Å². The summed E-state index contributed by atoms with van der Waals surface area (Å²) >= 11 is 13.6. The third-order valence-electron chi connectivity index (χ3n) is 10.5. The molecule has 2 saturated heterocycles. The van der Waals surface area contributed by atoms with E-state index in [1.807, 2.05) is 40.8 Å². The molecule has 1 amide bonds. The summed E-state index contributed by atoms with van der Waals surface area (Å²) in [7, 11) is 1.25. The molecule has 12 nitrogen and oxygen atoms in total. The van der Waals surface area contributed by atoms with Crippen LogP contribution in [0.5, 0.6) is 0 Å². The Bertz CT molecular complexity index is 1880. The molecule has 3 fully saturated rings. The van der Waals surface area contributed by atoms with Crippen LogP contribution in [0.3, 0.4) is 0 Å². The molecular formula is C36H46Cl2N6O6S. The van der Waals surface area contributed by atoms with Gasteiger partial charge in [-0.05, 0) is 62.3 Å². The van der Waals surface area contributed by atoms with Gasteiger partial charge >= 0.3 is 0 Å². The number of carbonyl (C=O) groups is 3. The van der Waals surface area contributed by atoms with Crippen LogP contribution in [0.4, 0.5) is 5.69 Å². The van der Waals surface area contributed by atoms with E-state index >= 15 is 0 Å². The zero-order chi connectivity index (χ0) is 36.5. The maximum atomic E-state index is 15.0. The van der Waals surface area contributed by atoms with E-state index in [4.69, 9.17) is 27.9 Å². The molecule has 0 radical (unpaired) electrons. The predicted octanol–water partition coefficient (Wildman–Crippen LogP) is 4.80. The number of piperazine rings is 1. The van der Waals surface area contributed by atoms with E-state index in [1.165, 1.54) is 22.7 Å². The summed E-state index contributed by atoms with van der Waals surface area (Å²) in [6, 6.07) is 10.8. The normalized spacial score (nSPS) is 22.3. The summed E-state index contributed by atoms with van der Waals surface area (Å²) < 4.78 is 37.5. The number of nitrogens with zero attached hydrogens (tertiary/aromatic N) is 5. The number of rotatable bonds is 12. The number of halogens is 2. The first-order valence-corrected chi connectivity index (χ1v) is 19.7. The Balaban J connectivity index is 1.29. The summed E-state index contributed by atoms with van der Waals surface area (Å²) in [5, 5.41) is 4.20. The first-order chi connectivity index (χ1) is 24.3. The highest BCUT2D eigenvalue weighted by Crippen LogP contribution is 2.38. The third kappa shape index (κ3) is 7.63. The first kappa shape index (κ1) is 37.9. The topological polar surface area (TPSA) is 124 Å². The molecule has 6 rings (SSSR count). The predicted molar refractivity (Wildman–Crippen MR) is 198 cm³/mol. The molecule has 1 unspecified atom stereocenters. The van der Waals surface area contributed by atoms with Crippen molar-refractivity contribution in [2.24, 2.45) is 13.0 Å². The minimum absolute atomic E-state index is 0.0258. The van der Waals surface area contributed by atoms with E-state index < -0.39 is 16.1 Å². The number of fused-ring (bicyclic) bond motifs is 1. The van der Waals surface area contributed by atoms with Gasteiger partial charge in [-0.1, -0.05) is 41.4 Å². The van der Waals surface area contributed by atoms with E-state index in [9.17, 15) is 22.8 Å². The standard InChI is InChI=1S/C36H46Cl2N6O6S/c1-40(2)51(48,49)44-18-16-43(17-19-44)36(42-14-6-7-15-42,50-27-12-10-25(24-45)11-13-27)34(46)21-26-20-31(38)32(22-30(26)37)39-35(47)29-23-41(3)33-9-5-4-8-28(29)33/h4-5,8-9,20,22-25,27H,6-7,10-19,21H2,1-3H3,(H,39,47). The van der Waals surface area contributed by atoms with Crippen LogP contribution in [-0.4, -0.2) is 115 Å². The minimum atomic E-state index is -3.64. The van der Waals surface area contributed by atoms with Crippen LogP contribution in [0.25, 0.3) is 10.9 Å². The number of nitrogens with one attached hydrogen (secondary N) is 1. The molecule has 1 atom stereocenters. The van der Waals surface area contributed by atoms with Gasteiger partial charge < -0.3 is 19.4 Å². The number of hydrogen-bond donors (Lipinski definition) is 1. The molecule has 0 spiro atoms. The van der Waals surface area contributed by atoms with Gasteiger partial charge in [0.2, 0.25) is 5.85 Å². The van der Waals surface area contributed by atoms with Gasteiger partial charge in [0.25, 0.3) is 16.1 Å². The Morgan fingerprint density at radius 3 is 2.25 bits per heavy atom. The lowest BCUT2D eigenvalue weighted by Gasteiger charge is -2.52. The fourth-order valence-electron chi connectivity index (χ4n) is 7.64. The number of ketones is 1. The van der Waals surface area contributed by atoms with Crippen molar-refractivity contribution >= 4 is 68.0 Å². The van der Waals surface area contributed by atoms with Crippen molar-refractivity contribution < 1.29 is 27.5 Å². The highest BCUT2D eigenvalue weighted by atomic mass is 35.5. The number of carbonyl (C=O) groups excluding carboxylic acids is 3. The van der Waals surface area contributed by atoms with E-state index in [1.54, 1.807) is 18.3 Å². The molecule has 15 heteroatoms. The highest BCUT2D eigenvalue weighted by molar-refractivity contribution is 7.86. The van der Waals surface area contributed by atoms with E-state index in [0.717, 1.165) is 30.0 Å². The Morgan fingerprint density at radius 1 is 0.961 bits per heavy atom. The molecule has 51 heavy (non-hydrogen) atoms. The molecule has 1 N–H and O–H groups in total. The van der Waals surface area contributed by atoms with Gasteiger partial charge in [-0.3, -0.25) is 19.4 Å². The summed E-state index contributed by atoms with van der Waals surface area (Å²) in [6.45, 7) is 2.24. The molecular weight excluding hydrogens is 715 g/mol. The van der Waals surface area contributed by atoms with Gasteiger partial charge in [0.1, 0.15) is 6.29 Å². The van der Waals surface area contributed by atoms with Gasteiger partial charge in [0.15, 0.2) is 5.78 Å². The van der Waals surface area contributed by atoms with Crippen molar-refractivity contribution in [1.82, 2.24) is 23.0 Å². The van der Waals surface area contributed by atoms with Crippen molar-refractivity contribution in [3.05, 3.63) is 63.8 Å². The van der Waals surface area contributed by atoms with Crippen LogP contribution in [0.1, 0.15) is 54.4 Å². The maximum Gasteiger partial charge on any atom is 0.281 e. The van der Waals surface area contributed by atoms with Crippen LogP contribution in [0.15, 0.2) is 42.6 Å². The number of aryl methyl sites for hydroxylation is 1. The highest BCUT2D eigenvalue weighted by Gasteiger charge is 2.53. The van der Waals surface area contributed by atoms with Crippen molar-refractivity contribution in [1.29, 1.82) is 0 Å². The Labute approximate surface area is 309 Å². The molecule has 276 valence electrons. The van der Waals surface area contributed by atoms with Gasteiger partial charge in [-0.2, -0.15) is 17.0 Å². The second-order valence-corrected chi connectivity index (χ2v) is 16.9. The fraction of sp³-hybridized carbons (Fsp3) is 0.528. The van der Waals surface area contributed by atoms with Crippen LogP contribution < -0.4 is 5.32 Å². The Kier molecular flexibility index (Phi) is 11.6. The molecule has 0 bridgehead atoms. The van der Waals surface area contributed by atoms with Crippen LogP contribution in [0.2, 0.25) is 10.0 Å². The SMILES string of the molecule is CN(C)S(=O)(=O)N1CCN(C(OC2CCC(C=O)CC2)(C(=O)Cc2cc(Cl)c(NC(=O)c3cn(C)c4ccccc34)cc2Cl)N2CCCC2)CC1. The van der Waals surface area contributed by atoms with E-state index in [-0.39, 0.29) is 66.4 Å². The molecule has 3 aliphatic rings. The van der Waals surface area contributed by atoms with Crippen molar-refractivity contribution in [2.75, 3.05) is 58.7 Å². The van der Waals surface area contributed by atoms with Gasteiger partial charge in [0, 0.05) is 94.9 Å². The second-order valence-electron chi connectivity index (χ2n) is 13.9. The molecule has 2 aromatic carbocycles. The lowest BCUT2D eigenvalue weighted by Crippen LogP contribution is -2.71. The summed E-state index contributed by atoms with van der Waals surface area (Å²) in [6.07, 6.45) is 6.82. The summed E-state index contributed by atoms with van der Waals surface area (Å²) in [5.41, 5.74) is 2.22. The number of likely N-dealkylation sites (tertiary alicyclic amines) is 1. The zero-order valence-electron chi connectivity index (χ0n) is 29.3. The third-order valence-corrected chi connectivity index (χ3v) is 13.1. The lowest BCUT2D eigenvalue weighted by atomic mass is 9.88. The number of amides is 1. The molecule has 3 heterocycles. The van der Waals surface area contributed by atoms with Crippen LogP contribution >= 0.6 is 23.2 Å². The summed E-state index contributed by atoms with van der Waals surface area (Å²) in [4.78, 5) is 44.0. The molecule has 3 aromatic rings. The number of aldehydes is 1. The second kappa shape index (κ2) is 15.6. The number of hydrogen-bond acceptors (Lipinski definition) is 8. The van der Waals surface area contributed by atoms with Gasteiger partial charge in [-0.15, -0.1) is 0 Å². The first-order valence-electron chi connectivity index (χ1n) is 17.5. The van der Waals surface area contributed by atoms with Crippen molar-refractivity contribution in [2.45, 2.75) is 56.9 Å². The summed E-state index contributed by atoms with van der Waals surface area (Å²) in [5.74, 6) is -2.06. The van der Waals surface area contributed by atoms with Crippen molar-refractivity contribution in [3.63, 3.8) is 0 Å². The van der Waals surface area contributed by atoms with E-state index in [2.05, 4.69) is 10.2 Å². The van der Waals surface area contributed by atoms with Gasteiger partial charge in [0.05, 0.1) is 22.4 Å². The quantitative estimate of drug-likeness (QED) is 0.262. The largest absolute Gasteiger partial charge is 0.350 e. The maximum absolute atomic E-state index is 15.0. The number of ether oxygens (including phenoxy) is 1. The van der Waals surface area contributed by atoms with Gasteiger partial charge in [-0.25, -0.2) is 0 Å². The molecule has 1 aliphatic carbocycles. The number of aromatic nitrogens is 1. The minimum Gasteiger partial charge on any atom is -0.350 e. The number of anilines is 1. The van der Waals surface area contributed by atoms with Crippen molar-refractivity contribution in [3.8, 4) is 0 Å². The average Bonchev–Trinajstić information content (AvgIpc) is 3.78. The average molecular weight is 762 g/mol. The molecule has 2 aliphatic heterocycles. The number of para-hydroxylation sites is 1. The fourth-order valence-corrected chi connectivity index (χ4v) is 9.19. The molecule has 1 saturated carbocycles. The Morgan fingerprint density at radius 2 is 1.61 bits per heavy atom. The smallest absolute Gasteiger partial charge is 0.281 e. The van der Waals surface area contributed by atoms with E-state index in [0.29, 0.717) is 55.6 Å². The molecule has 1 aromatic heterocycles. The monoisotopic (exact) mass is 760 g/mol. The zero-order valence-corrected chi connectivity index (χ0v) is 31.6. The number of benzene rings is 2. The number of Topliss-reactive ketones (excluding diaryl/α,β-unsaturated/α-hetero) is 1. The Hall–Kier alpha value is -2.88.